The van der Waals surface area contributed by atoms with Crippen molar-refractivity contribution in [2.45, 2.75) is 136 Å². The molecule has 2 N–H and O–H groups in total. The molecule has 0 aromatic rings. The van der Waals surface area contributed by atoms with E-state index in [2.05, 4.69) is 0 Å². The van der Waals surface area contributed by atoms with Crippen molar-refractivity contribution in [1.29, 1.82) is 0 Å². The minimum atomic E-state index is -2.50. The van der Waals surface area contributed by atoms with Crippen molar-refractivity contribution >= 4 is 41.6 Å². The van der Waals surface area contributed by atoms with Gasteiger partial charge in [0.1, 0.15) is 23.6 Å². The molecule has 15 heteroatoms. The number of ketones is 1. The second-order valence-electron chi connectivity index (χ2n) is 14.4. The van der Waals surface area contributed by atoms with Crippen molar-refractivity contribution in [2.75, 3.05) is 0 Å². The number of hydrogen-bond acceptors (Lipinski definition) is 15. The van der Waals surface area contributed by atoms with E-state index in [1.54, 1.807) is 0 Å². The van der Waals surface area contributed by atoms with Gasteiger partial charge in [0.2, 0.25) is 0 Å². The molecule has 4 saturated carbocycles. The van der Waals surface area contributed by atoms with Crippen LogP contribution in [0.5, 0.6) is 0 Å². The van der Waals surface area contributed by atoms with Crippen LogP contribution in [0.15, 0.2) is 0 Å². The number of Topliss-reactive ketones (excluding diaryl/α,β-unsaturated/α-hetero) is 1. The second kappa shape index (κ2) is 12.1. The fourth-order valence-electron chi connectivity index (χ4n) is 9.67. The Morgan fingerprint density at radius 3 is 1.73 bits per heavy atom. The molecule has 2 bridgehead atoms. The molecule has 0 aromatic heterocycles. The van der Waals surface area contributed by atoms with Gasteiger partial charge < -0.3 is 38.6 Å². The Kier molecular flexibility index (Phi) is 9.37. The molecule has 4 aliphatic rings. The molecular formula is C33H46O15. The van der Waals surface area contributed by atoms with E-state index < -0.39 is 124 Å². The van der Waals surface area contributed by atoms with Crippen molar-refractivity contribution in [2.24, 2.45) is 28.6 Å². The van der Waals surface area contributed by atoms with E-state index in [0.29, 0.717) is 0 Å². The summed E-state index contributed by atoms with van der Waals surface area (Å²) in [6.07, 6.45) is -9.63. The van der Waals surface area contributed by atoms with Gasteiger partial charge in [0.05, 0.1) is 16.4 Å². The van der Waals surface area contributed by atoms with Gasteiger partial charge >= 0.3 is 35.8 Å². The lowest BCUT2D eigenvalue weighted by Gasteiger charge is -2.56. The van der Waals surface area contributed by atoms with E-state index in [1.807, 2.05) is 0 Å². The van der Waals surface area contributed by atoms with Gasteiger partial charge in [0.25, 0.3) is 0 Å². The van der Waals surface area contributed by atoms with Gasteiger partial charge in [-0.05, 0) is 34.1 Å². The predicted molar refractivity (Wildman–Crippen MR) is 159 cm³/mol. The van der Waals surface area contributed by atoms with E-state index in [1.165, 1.54) is 34.6 Å². The average molecular weight is 683 g/mol. The third-order valence-electron chi connectivity index (χ3n) is 11.2. The summed E-state index contributed by atoms with van der Waals surface area (Å²) in [4.78, 5) is 91.5. The van der Waals surface area contributed by atoms with Gasteiger partial charge in [-0.1, -0.05) is 6.92 Å². The first-order chi connectivity index (χ1) is 21.9. The highest BCUT2D eigenvalue weighted by Crippen LogP contribution is 2.72. The van der Waals surface area contributed by atoms with Crippen LogP contribution in [-0.4, -0.2) is 99.1 Å². The molecular weight excluding hydrogens is 636 g/mol. The summed E-state index contributed by atoms with van der Waals surface area (Å²) in [5, 5.41) is 26.0. The normalized spacial score (nSPS) is 42.3. The highest BCUT2D eigenvalue weighted by atomic mass is 16.6. The molecule has 4 fully saturated rings. The lowest BCUT2D eigenvalue weighted by molar-refractivity contribution is -0.266. The van der Waals surface area contributed by atoms with Crippen LogP contribution in [0.4, 0.5) is 0 Å². The standard InChI is InChI=1S/C33H46O15/c1-11-23(40)47-26-27(45-16(4)36)33(42)21(13-22(39)29(33,7)8)30(9,41)24-20(43-14(2)34)12-19-25(44-15(3)35)32(24,26)28(46-17(5)37)31(19,10)48-18(6)38/h19-21,24-28,41-42H,11-13H2,1-10H3. The summed E-state index contributed by atoms with van der Waals surface area (Å²) in [5.41, 5.74) is -10.8. The summed E-state index contributed by atoms with van der Waals surface area (Å²) < 4.78 is 35.8. The second-order valence-corrected chi connectivity index (χ2v) is 14.4. The van der Waals surface area contributed by atoms with Gasteiger partial charge in [0.15, 0.2) is 23.9 Å². The van der Waals surface area contributed by atoms with Crippen LogP contribution in [-0.2, 0) is 62.0 Å². The van der Waals surface area contributed by atoms with Gasteiger partial charge in [0, 0.05) is 65.2 Å². The fraction of sp³-hybridized carbons (Fsp3) is 0.788. The zero-order valence-electron chi connectivity index (χ0n) is 28.9. The molecule has 0 radical (unpaired) electrons. The number of esters is 6. The van der Waals surface area contributed by atoms with Crippen LogP contribution in [0.1, 0.15) is 88.5 Å². The van der Waals surface area contributed by atoms with Crippen LogP contribution in [0.3, 0.4) is 0 Å². The van der Waals surface area contributed by atoms with Gasteiger partial charge in [-0.2, -0.15) is 0 Å². The quantitative estimate of drug-likeness (QED) is 0.284. The van der Waals surface area contributed by atoms with Crippen molar-refractivity contribution in [3.63, 3.8) is 0 Å². The molecule has 4 rings (SSSR count). The molecule has 12 atom stereocenters. The number of ether oxygens (including phenoxy) is 6. The molecule has 0 heterocycles. The Hall–Kier alpha value is -3.59. The lowest BCUT2D eigenvalue weighted by atomic mass is 9.54. The maximum Gasteiger partial charge on any atom is 0.305 e. The van der Waals surface area contributed by atoms with E-state index in [4.69, 9.17) is 28.4 Å². The summed E-state index contributed by atoms with van der Waals surface area (Å²) in [7, 11) is 0. The Labute approximate surface area is 278 Å². The Morgan fingerprint density at radius 2 is 1.25 bits per heavy atom. The molecule has 48 heavy (non-hydrogen) atoms. The number of carbonyl (C=O) groups is 7. The first-order valence-corrected chi connectivity index (χ1v) is 16.0. The van der Waals surface area contributed by atoms with Crippen molar-refractivity contribution < 1.29 is 72.2 Å². The molecule has 0 aromatic carbocycles. The molecule has 0 amide bonds. The first-order valence-electron chi connectivity index (χ1n) is 16.0. The van der Waals surface area contributed by atoms with E-state index in [9.17, 15) is 43.8 Å². The fourth-order valence-corrected chi connectivity index (χ4v) is 9.67. The Balaban J connectivity index is 2.32. The Bertz CT molecular complexity index is 1420. The highest BCUT2D eigenvalue weighted by molar-refractivity contribution is 5.89. The number of aliphatic hydroxyl groups is 2. The number of rotatable bonds is 7. The minimum Gasteiger partial charge on any atom is -0.462 e. The van der Waals surface area contributed by atoms with Gasteiger partial charge in [-0.3, -0.25) is 33.6 Å². The smallest absolute Gasteiger partial charge is 0.305 e. The SMILES string of the molecule is CCC(=O)OC1C(OC(C)=O)C2(O)C(CC(=O)C2(C)C)C(C)(O)C2C(OC(C)=O)CC3C(OC(C)=O)C12C(OC(C)=O)C3(C)OC(C)=O. The van der Waals surface area contributed by atoms with Gasteiger partial charge in [-0.15, -0.1) is 0 Å². The Morgan fingerprint density at radius 1 is 0.729 bits per heavy atom. The largest absolute Gasteiger partial charge is 0.462 e. The summed E-state index contributed by atoms with van der Waals surface area (Å²) >= 11 is 0. The van der Waals surface area contributed by atoms with Crippen molar-refractivity contribution in [3.05, 3.63) is 0 Å². The number of hydrogen-bond donors (Lipinski definition) is 2. The third kappa shape index (κ3) is 5.19. The van der Waals surface area contributed by atoms with Gasteiger partial charge in [-0.25, -0.2) is 0 Å². The summed E-state index contributed by atoms with van der Waals surface area (Å²) in [6.45, 7) is 12.3. The lowest BCUT2D eigenvalue weighted by Crippen LogP contribution is -2.70. The molecule has 15 nitrogen and oxygen atoms in total. The van der Waals surface area contributed by atoms with Crippen molar-refractivity contribution in [3.8, 4) is 0 Å². The maximum absolute atomic E-state index is 13.7. The maximum atomic E-state index is 13.7. The van der Waals surface area contributed by atoms with Crippen LogP contribution in [0, 0.1) is 28.6 Å². The van der Waals surface area contributed by atoms with E-state index in [0.717, 1.165) is 34.6 Å². The van der Waals surface area contributed by atoms with E-state index in [-0.39, 0.29) is 12.8 Å². The minimum absolute atomic E-state index is 0.253. The molecule has 12 unspecified atom stereocenters. The van der Waals surface area contributed by atoms with Crippen LogP contribution >= 0.6 is 0 Å². The van der Waals surface area contributed by atoms with Crippen LogP contribution in [0.2, 0.25) is 0 Å². The third-order valence-corrected chi connectivity index (χ3v) is 11.2. The highest BCUT2D eigenvalue weighted by Gasteiger charge is 2.88. The van der Waals surface area contributed by atoms with Crippen molar-refractivity contribution in [1.82, 2.24) is 0 Å². The number of fused-ring (bicyclic) bond motifs is 2. The average Bonchev–Trinajstić information content (AvgIpc) is 3.16. The molecule has 4 aliphatic carbocycles. The van der Waals surface area contributed by atoms with Crippen LogP contribution < -0.4 is 0 Å². The molecule has 268 valence electrons. The first kappa shape index (κ1) is 37.2. The topological polar surface area (TPSA) is 215 Å². The zero-order chi connectivity index (χ0) is 36.5. The summed E-state index contributed by atoms with van der Waals surface area (Å²) in [6, 6.07) is 0. The predicted octanol–water partition coefficient (Wildman–Crippen LogP) is 1.10. The molecule has 0 saturated heterocycles. The van der Waals surface area contributed by atoms with Crippen LogP contribution in [0.25, 0.3) is 0 Å². The number of carbonyl (C=O) groups excluding carboxylic acids is 7. The zero-order valence-corrected chi connectivity index (χ0v) is 28.9. The molecule has 0 aliphatic heterocycles. The van der Waals surface area contributed by atoms with E-state index >= 15 is 0 Å². The molecule has 1 spiro atoms. The monoisotopic (exact) mass is 682 g/mol. The summed E-state index contributed by atoms with van der Waals surface area (Å²) in [5.74, 6) is -10.1.